The summed E-state index contributed by atoms with van der Waals surface area (Å²) < 4.78 is 10.5. The Labute approximate surface area is 157 Å². The molecule has 0 saturated carbocycles. The zero-order valence-corrected chi connectivity index (χ0v) is 16.7. The van der Waals surface area contributed by atoms with E-state index in [1.165, 1.54) is 33.5 Å². The number of rotatable bonds is 7. The van der Waals surface area contributed by atoms with Crippen molar-refractivity contribution in [2.45, 2.75) is 39.7 Å². The van der Waals surface area contributed by atoms with Gasteiger partial charge in [0.1, 0.15) is 0 Å². The number of hydrogen-bond acceptors (Lipinski definition) is 4. The molecule has 2 rings (SSSR count). The fourth-order valence-electron chi connectivity index (χ4n) is 3.88. The first-order chi connectivity index (χ1) is 12.6. The number of aliphatic imine (C=N–C) groups is 1. The lowest BCUT2D eigenvalue weighted by Gasteiger charge is -2.24. The van der Waals surface area contributed by atoms with Crippen LogP contribution in [0.4, 0.5) is 0 Å². The molecule has 1 saturated heterocycles. The molecule has 0 spiro atoms. The average Bonchev–Trinajstić information content (AvgIpc) is 3.14. The number of ether oxygens (including phenoxy) is 2. The van der Waals surface area contributed by atoms with Gasteiger partial charge in [-0.15, -0.1) is 0 Å². The van der Waals surface area contributed by atoms with Crippen molar-refractivity contribution in [2.75, 3.05) is 34.4 Å². The van der Waals surface area contributed by atoms with E-state index >= 15 is 0 Å². The van der Waals surface area contributed by atoms with Crippen LogP contribution in [-0.2, 0) is 6.54 Å². The Balaban J connectivity index is 2.02. The monoisotopic (exact) mass is 363 g/mol. The maximum atomic E-state index is 10.0. The minimum Gasteiger partial charge on any atom is -0.502 e. The average molecular weight is 364 g/mol. The Kier molecular flexibility index (Phi) is 7.42. The van der Waals surface area contributed by atoms with Gasteiger partial charge in [0.2, 0.25) is 5.75 Å². The minimum absolute atomic E-state index is 0.0238. The second kappa shape index (κ2) is 9.55. The van der Waals surface area contributed by atoms with Gasteiger partial charge in [-0.05, 0) is 36.0 Å². The fourth-order valence-corrected chi connectivity index (χ4v) is 3.88. The highest BCUT2D eigenvalue weighted by Gasteiger charge is 2.29. The van der Waals surface area contributed by atoms with E-state index in [0.717, 1.165) is 36.4 Å². The van der Waals surface area contributed by atoms with Gasteiger partial charge >= 0.3 is 0 Å². The molecule has 0 bridgehead atoms. The molecule has 6 heteroatoms. The molecule has 1 fully saturated rings. The number of phenolic OH excluding ortho intramolecular Hbond substituents is 1. The topological polar surface area (TPSA) is 66.3 Å². The summed E-state index contributed by atoms with van der Waals surface area (Å²) in [5, 5.41) is 13.5. The minimum atomic E-state index is 0.0238. The Morgan fingerprint density at radius 1 is 1.27 bits per heavy atom. The van der Waals surface area contributed by atoms with Gasteiger partial charge in [-0.1, -0.05) is 26.7 Å². The molecule has 26 heavy (non-hydrogen) atoms. The lowest BCUT2D eigenvalue weighted by atomic mass is 9.87. The van der Waals surface area contributed by atoms with Gasteiger partial charge in [0.25, 0.3) is 0 Å². The fraction of sp³-hybridized carbons (Fsp3) is 0.650. The number of guanidine groups is 1. The molecule has 0 radical (unpaired) electrons. The van der Waals surface area contributed by atoms with E-state index in [4.69, 9.17) is 9.47 Å². The molecule has 1 aliphatic rings. The van der Waals surface area contributed by atoms with E-state index in [1.807, 2.05) is 19.2 Å². The van der Waals surface area contributed by atoms with E-state index < -0.39 is 0 Å². The van der Waals surface area contributed by atoms with Gasteiger partial charge in [0.05, 0.1) is 14.2 Å². The SMILES string of the molecule is CCC(CC)C1CCN(C(=NC)NCc2cc(OC)c(O)c(OC)c2)C1. The highest BCUT2D eigenvalue weighted by Crippen LogP contribution is 2.37. The molecule has 0 aromatic heterocycles. The first-order valence-corrected chi connectivity index (χ1v) is 9.47. The van der Waals surface area contributed by atoms with Crippen molar-refractivity contribution in [1.29, 1.82) is 0 Å². The molecule has 1 unspecified atom stereocenters. The van der Waals surface area contributed by atoms with Crippen molar-refractivity contribution in [1.82, 2.24) is 10.2 Å². The van der Waals surface area contributed by atoms with Gasteiger partial charge in [0, 0.05) is 26.7 Å². The standard InChI is InChI=1S/C20H33N3O3/c1-6-15(7-2)16-8-9-23(13-16)20(21-3)22-12-14-10-17(25-4)19(24)18(11-14)26-5/h10-11,15-16,24H,6-9,12-13H2,1-5H3,(H,21,22). The van der Waals surface area contributed by atoms with Crippen LogP contribution in [0, 0.1) is 11.8 Å². The molecular weight excluding hydrogens is 330 g/mol. The van der Waals surface area contributed by atoms with Crippen molar-refractivity contribution in [3.05, 3.63) is 17.7 Å². The largest absolute Gasteiger partial charge is 0.502 e. The first kappa shape index (κ1) is 20.2. The van der Waals surface area contributed by atoms with Crippen LogP contribution >= 0.6 is 0 Å². The van der Waals surface area contributed by atoms with Gasteiger partial charge in [0.15, 0.2) is 17.5 Å². The van der Waals surface area contributed by atoms with Gasteiger partial charge in [-0.25, -0.2) is 0 Å². The van der Waals surface area contributed by atoms with Crippen molar-refractivity contribution < 1.29 is 14.6 Å². The number of nitrogens with zero attached hydrogens (tertiary/aromatic N) is 2. The van der Waals surface area contributed by atoms with Gasteiger partial charge in [-0.3, -0.25) is 4.99 Å². The third-order valence-electron chi connectivity index (χ3n) is 5.44. The number of benzene rings is 1. The van der Waals surface area contributed by atoms with Crippen LogP contribution in [0.3, 0.4) is 0 Å². The third kappa shape index (κ3) is 4.54. The molecule has 0 aliphatic carbocycles. The molecule has 1 aromatic carbocycles. The highest BCUT2D eigenvalue weighted by molar-refractivity contribution is 5.80. The molecule has 2 N–H and O–H groups in total. The van der Waals surface area contributed by atoms with Crippen molar-refractivity contribution in [3.8, 4) is 17.2 Å². The second-order valence-electron chi connectivity index (χ2n) is 6.82. The summed E-state index contributed by atoms with van der Waals surface area (Å²) in [6.07, 6.45) is 3.72. The Hall–Kier alpha value is -2.11. The molecule has 1 aromatic rings. The van der Waals surface area contributed by atoms with Crippen LogP contribution in [0.15, 0.2) is 17.1 Å². The van der Waals surface area contributed by atoms with E-state index in [9.17, 15) is 5.11 Å². The highest BCUT2D eigenvalue weighted by atomic mass is 16.5. The quantitative estimate of drug-likeness (QED) is 0.575. The normalized spacial score (nSPS) is 17.7. The number of methoxy groups -OCH3 is 2. The predicted molar refractivity (Wildman–Crippen MR) is 105 cm³/mol. The predicted octanol–water partition coefficient (Wildman–Crippen LogP) is 3.24. The zero-order chi connectivity index (χ0) is 19.1. The molecular formula is C20H33N3O3. The summed E-state index contributed by atoms with van der Waals surface area (Å²) in [5.41, 5.74) is 0.966. The number of aromatic hydroxyl groups is 1. The first-order valence-electron chi connectivity index (χ1n) is 9.47. The smallest absolute Gasteiger partial charge is 0.200 e. The summed E-state index contributed by atoms with van der Waals surface area (Å²) in [6.45, 7) is 7.27. The third-order valence-corrected chi connectivity index (χ3v) is 5.44. The second-order valence-corrected chi connectivity index (χ2v) is 6.82. The van der Waals surface area contributed by atoms with Crippen molar-refractivity contribution in [3.63, 3.8) is 0 Å². The van der Waals surface area contributed by atoms with Crippen LogP contribution in [-0.4, -0.2) is 50.3 Å². The number of nitrogens with one attached hydrogen (secondary N) is 1. The summed E-state index contributed by atoms with van der Waals surface area (Å²) >= 11 is 0. The Morgan fingerprint density at radius 2 is 1.88 bits per heavy atom. The van der Waals surface area contributed by atoms with E-state index in [0.29, 0.717) is 18.0 Å². The van der Waals surface area contributed by atoms with Crippen molar-refractivity contribution in [2.24, 2.45) is 16.8 Å². The molecule has 1 aliphatic heterocycles. The molecule has 1 atom stereocenters. The summed E-state index contributed by atoms with van der Waals surface area (Å²) in [7, 11) is 4.89. The van der Waals surface area contributed by atoms with E-state index in [1.54, 1.807) is 0 Å². The van der Waals surface area contributed by atoms with Crippen LogP contribution < -0.4 is 14.8 Å². The Bertz CT molecular complexity index is 589. The lowest BCUT2D eigenvalue weighted by molar-refractivity contribution is 0.319. The summed E-state index contributed by atoms with van der Waals surface area (Å²) in [6, 6.07) is 3.63. The van der Waals surface area contributed by atoms with Crippen molar-refractivity contribution >= 4 is 5.96 Å². The van der Waals surface area contributed by atoms with E-state index in [-0.39, 0.29) is 5.75 Å². The summed E-state index contributed by atoms with van der Waals surface area (Å²) in [4.78, 5) is 6.80. The molecule has 1 heterocycles. The Morgan fingerprint density at radius 3 is 2.38 bits per heavy atom. The van der Waals surface area contributed by atoms with Crippen LogP contribution in [0.5, 0.6) is 17.2 Å². The van der Waals surface area contributed by atoms with Crippen LogP contribution in [0.2, 0.25) is 0 Å². The summed E-state index contributed by atoms with van der Waals surface area (Å²) in [5.74, 6) is 3.30. The molecule has 0 amide bonds. The van der Waals surface area contributed by atoms with Crippen LogP contribution in [0.25, 0.3) is 0 Å². The number of hydrogen-bond donors (Lipinski definition) is 2. The van der Waals surface area contributed by atoms with Gasteiger partial charge < -0.3 is 24.8 Å². The van der Waals surface area contributed by atoms with Crippen LogP contribution in [0.1, 0.15) is 38.7 Å². The maximum absolute atomic E-state index is 10.0. The number of phenols is 1. The zero-order valence-electron chi connectivity index (χ0n) is 16.7. The number of likely N-dealkylation sites (tertiary alicyclic amines) is 1. The van der Waals surface area contributed by atoms with Gasteiger partial charge in [-0.2, -0.15) is 0 Å². The molecule has 6 nitrogen and oxygen atoms in total. The maximum Gasteiger partial charge on any atom is 0.200 e. The van der Waals surface area contributed by atoms with E-state index in [2.05, 4.69) is 29.1 Å². The molecule has 146 valence electrons. The lowest BCUT2D eigenvalue weighted by Crippen LogP contribution is -2.40.